The van der Waals surface area contributed by atoms with Crippen LogP contribution in [-0.2, 0) is 23.4 Å². The number of aromatic nitrogens is 2. The van der Waals surface area contributed by atoms with Crippen LogP contribution in [0.1, 0.15) is 36.2 Å². The molecule has 0 atom stereocenters. The second-order valence-corrected chi connectivity index (χ2v) is 7.91. The lowest BCUT2D eigenvalue weighted by molar-refractivity contribution is -0.129. The van der Waals surface area contributed by atoms with Crippen LogP contribution in [-0.4, -0.2) is 39.6 Å². The summed E-state index contributed by atoms with van der Waals surface area (Å²) in [6.07, 6.45) is 4.07. The van der Waals surface area contributed by atoms with Crippen LogP contribution in [0, 0.1) is 12.7 Å². The fourth-order valence-corrected chi connectivity index (χ4v) is 3.47. The summed E-state index contributed by atoms with van der Waals surface area (Å²) in [5.41, 5.74) is 2.79. The first kappa shape index (κ1) is 20.0. The molecule has 2 heterocycles. The Morgan fingerprint density at radius 2 is 2.00 bits per heavy atom. The molecule has 0 aliphatic rings. The van der Waals surface area contributed by atoms with Crippen molar-refractivity contribution in [3.63, 3.8) is 0 Å². The minimum atomic E-state index is -1.17. The molecule has 0 aliphatic carbocycles. The highest BCUT2D eigenvalue weighted by Crippen LogP contribution is 2.30. The monoisotopic (exact) mass is 383 g/mol. The van der Waals surface area contributed by atoms with Crippen molar-refractivity contribution in [3.05, 3.63) is 64.9 Å². The van der Waals surface area contributed by atoms with Crippen LogP contribution >= 0.6 is 0 Å². The summed E-state index contributed by atoms with van der Waals surface area (Å²) < 4.78 is 15.9. The van der Waals surface area contributed by atoms with E-state index in [0.717, 1.165) is 27.7 Å². The van der Waals surface area contributed by atoms with Crippen molar-refractivity contribution in [2.24, 2.45) is 0 Å². The molecule has 1 N–H and O–H groups in total. The number of aryl methyl sites for hydroxylation is 1. The number of pyridine rings is 1. The van der Waals surface area contributed by atoms with E-state index < -0.39 is 5.60 Å². The topological polar surface area (TPSA) is 58.4 Å². The van der Waals surface area contributed by atoms with Gasteiger partial charge in [-0.1, -0.05) is 0 Å². The van der Waals surface area contributed by atoms with E-state index >= 15 is 0 Å². The van der Waals surface area contributed by atoms with Gasteiger partial charge < -0.3 is 14.6 Å². The average Bonchev–Trinajstić information content (AvgIpc) is 3.00. The van der Waals surface area contributed by atoms with E-state index in [1.165, 1.54) is 12.1 Å². The molecular formula is C22H26FN3O2. The predicted molar refractivity (Wildman–Crippen MR) is 108 cm³/mol. The lowest BCUT2D eigenvalue weighted by Gasteiger charge is -2.23. The quantitative estimate of drug-likeness (QED) is 0.735. The van der Waals surface area contributed by atoms with Gasteiger partial charge in [-0.3, -0.25) is 9.78 Å². The Morgan fingerprint density at radius 3 is 2.64 bits per heavy atom. The Morgan fingerprint density at radius 1 is 1.29 bits per heavy atom. The summed E-state index contributed by atoms with van der Waals surface area (Å²) in [6.45, 7) is 5.41. The highest BCUT2D eigenvalue weighted by atomic mass is 19.1. The molecule has 0 saturated carbocycles. The van der Waals surface area contributed by atoms with Crippen LogP contribution in [0.4, 0.5) is 4.39 Å². The Balaban J connectivity index is 2.05. The smallest absolute Gasteiger partial charge is 0.241 e. The van der Waals surface area contributed by atoms with E-state index in [1.807, 2.05) is 29.8 Å². The maximum atomic E-state index is 14.0. The van der Waals surface area contributed by atoms with Crippen molar-refractivity contribution in [2.75, 3.05) is 14.1 Å². The first-order chi connectivity index (χ1) is 13.1. The van der Waals surface area contributed by atoms with Crippen LogP contribution < -0.4 is 0 Å². The molecule has 3 aromatic rings. The highest BCUT2D eigenvalue weighted by molar-refractivity contribution is 5.85. The molecule has 1 amide bonds. The summed E-state index contributed by atoms with van der Waals surface area (Å²) in [7, 11) is 3.47. The second kappa shape index (κ2) is 7.36. The molecule has 0 bridgehead atoms. The van der Waals surface area contributed by atoms with Crippen molar-refractivity contribution in [3.8, 4) is 0 Å². The Kier molecular flexibility index (Phi) is 5.26. The van der Waals surface area contributed by atoms with Gasteiger partial charge in [0.1, 0.15) is 12.4 Å². The number of amides is 1. The number of carbonyl (C=O) groups is 1. The lowest BCUT2D eigenvalue weighted by atomic mass is 9.87. The molecule has 0 spiro atoms. The summed E-state index contributed by atoms with van der Waals surface area (Å²) >= 11 is 0. The van der Waals surface area contributed by atoms with Gasteiger partial charge in [-0.15, -0.1) is 0 Å². The minimum absolute atomic E-state index is 0.00885. The number of rotatable bonds is 5. The Labute approximate surface area is 164 Å². The zero-order chi connectivity index (χ0) is 20.6. The van der Waals surface area contributed by atoms with Crippen molar-refractivity contribution in [2.45, 2.75) is 39.3 Å². The van der Waals surface area contributed by atoms with E-state index in [9.17, 15) is 14.3 Å². The summed E-state index contributed by atoms with van der Waals surface area (Å²) in [4.78, 5) is 18.2. The highest BCUT2D eigenvalue weighted by Gasteiger charge is 2.23. The van der Waals surface area contributed by atoms with Gasteiger partial charge in [0.15, 0.2) is 0 Å². The van der Waals surface area contributed by atoms with E-state index in [1.54, 1.807) is 39.0 Å². The van der Waals surface area contributed by atoms with Crippen molar-refractivity contribution >= 4 is 16.8 Å². The number of nitrogens with zero attached hydrogens (tertiary/aromatic N) is 3. The number of likely N-dealkylation sites (N-methyl/N-ethyl adjacent to an activating group) is 1. The molecule has 148 valence electrons. The summed E-state index contributed by atoms with van der Waals surface area (Å²) in [5, 5.41) is 11.5. The van der Waals surface area contributed by atoms with Crippen LogP contribution in [0.2, 0.25) is 0 Å². The fraction of sp³-hybridized carbons (Fsp3) is 0.364. The molecule has 0 radical (unpaired) electrons. The molecule has 1 aromatic carbocycles. The van der Waals surface area contributed by atoms with Gasteiger partial charge in [-0.05, 0) is 61.7 Å². The number of fused-ring (bicyclic) bond motifs is 1. The average molecular weight is 383 g/mol. The van der Waals surface area contributed by atoms with E-state index in [0.29, 0.717) is 12.0 Å². The van der Waals surface area contributed by atoms with Crippen molar-refractivity contribution < 1.29 is 14.3 Å². The first-order valence-electron chi connectivity index (χ1n) is 9.22. The fourth-order valence-electron chi connectivity index (χ4n) is 3.47. The van der Waals surface area contributed by atoms with Crippen LogP contribution in [0.3, 0.4) is 0 Å². The first-order valence-corrected chi connectivity index (χ1v) is 9.22. The Hall–Kier alpha value is -2.73. The van der Waals surface area contributed by atoms with E-state index in [4.69, 9.17) is 0 Å². The van der Waals surface area contributed by atoms with Gasteiger partial charge in [-0.25, -0.2) is 4.39 Å². The molecule has 5 nitrogen and oxygen atoms in total. The molecule has 3 rings (SSSR count). The number of aliphatic hydroxyl groups is 1. The van der Waals surface area contributed by atoms with Gasteiger partial charge in [0.05, 0.1) is 16.8 Å². The molecular weight excluding hydrogens is 357 g/mol. The van der Waals surface area contributed by atoms with Crippen LogP contribution in [0.15, 0.2) is 36.7 Å². The zero-order valence-electron chi connectivity index (χ0n) is 17.0. The molecule has 28 heavy (non-hydrogen) atoms. The lowest BCUT2D eigenvalue weighted by Crippen LogP contribution is -2.25. The van der Waals surface area contributed by atoms with Crippen LogP contribution in [0.5, 0.6) is 0 Å². The maximum absolute atomic E-state index is 14.0. The van der Waals surface area contributed by atoms with Crippen molar-refractivity contribution in [1.29, 1.82) is 0 Å². The number of hydrogen-bond donors (Lipinski definition) is 1. The van der Waals surface area contributed by atoms with E-state index in [2.05, 4.69) is 4.98 Å². The van der Waals surface area contributed by atoms with Gasteiger partial charge in [-0.2, -0.15) is 0 Å². The summed E-state index contributed by atoms with van der Waals surface area (Å²) in [5.74, 6) is -0.354. The second-order valence-electron chi connectivity index (χ2n) is 7.91. The standard InChI is InChI=1S/C22H26FN3O2/c1-14-10-15(23)11-18(22(2,3)28)17(14)12-19-16-7-9-26(13-21(27)25(4)5)20(16)6-8-24-19/h6-11,28H,12-13H2,1-5H3. The molecule has 0 saturated heterocycles. The normalized spacial score (nSPS) is 11.8. The third-order valence-corrected chi connectivity index (χ3v) is 5.03. The van der Waals surface area contributed by atoms with Gasteiger partial charge in [0, 0.05) is 38.3 Å². The minimum Gasteiger partial charge on any atom is -0.386 e. The number of benzene rings is 1. The van der Waals surface area contributed by atoms with E-state index in [-0.39, 0.29) is 18.3 Å². The van der Waals surface area contributed by atoms with Gasteiger partial charge in [0.25, 0.3) is 0 Å². The molecule has 0 fully saturated rings. The summed E-state index contributed by atoms with van der Waals surface area (Å²) in [6, 6.07) is 6.70. The molecule has 0 aliphatic heterocycles. The molecule has 6 heteroatoms. The predicted octanol–water partition coefficient (Wildman–Crippen LogP) is 3.39. The number of carbonyl (C=O) groups excluding carboxylic acids is 1. The Bertz CT molecular complexity index is 1030. The van der Waals surface area contributed by atoms with Gasteiger partial charge >= 0.3 is 0 Å². The zero-order valence-corrected chi connectivity index (χ0v) is 17.0. The van der Waals surface area contributed by atoms with Gasteiger partial charge in [0.2, 0.25) is 5.91 Å². The van der Waals surface area contributed by atoms with Crippen molar-refractivity contribution in [1.82, 2.24) is 14.5 Å². The third kappa shape index (κ3) is 3.92. The third-order valence-electron chi connectivity index (χ3n) is 5.03. The molecule has 2 aromatic heterocycles. The number of hydrogen-bond acceptors (Lipinski definition) is 3. The SMILES string of the molecule is Cc1cc(F)cc(C(C)(C)O)c1Cc1nccc2c1ccn2CC(=O)N(C)C. The number of halogens is 1. The molecule has 0 unspecified atom stereocenters. The maximum Gasteiger partial charge on any atom is 0.241 e. The largest absolute Gasteiger partial charge is 0.386 e. The van der Waals surface area contributed by atoms with Crippen LogP contribution in [0.25, 0.3) is 10.9 Å².